The zero-order valence-electron chi connectivity index (χ0n) is 12.1. The van der Waals surface area contributed by atoms with E-state index >= 15 is 0 Å². The number of allylic oxidation sites excluding steroid dienone is 1. The standard InChI is InChI=1S/C19H11N3S/c20-12-15(19-22-16-8-1-2-9-17(16)23-19)11-14-6-3-5-13-7-4-10-21-18(13)14/h1-11H/b15-11-. The number of hydrogen-bond donors (Lipinski definition) is 0. The fourth-order valence-electron chi connectivity index (χ4n) is 2.53. The molecule has 3 nitrogen and oxygen atoms in total. The minimum Gasteiger partial charge on any atom is -0.256 e. The number of fused-ring (bicyclic) bond motifs is 2. The third-order valence-corrected chi connectivity index (χ3v) is 4.68. The summed E-state index contributed by atoms with van der Waals surface area (Å²) < 4.78 is 1.08. The highest BCUT2D eigenvalue weighted by Gasteiger charge is 2.09. The third kappa shape index (κ3) is 2.48. The van der Waals surface area contributed by atoms with E-state index in [1.54, 1.807) is 6.20 Å². The molecule has 0 spiro atoms. The molecule has 4 rings (SSSR count). The van der Waals surface area contributed by atoms with Gasteiger partial charge in [-0.3, -0.25) is 4.98 Å². The van der Waals surface area contributed by atoms with Crippen molar-refractivity contribution in [3.63, 3.8) is 0 Å². The first kappa shape index (κ1) is 13.6. The number of aromatic nitrogens is 2. The van der Waals surface area contributed by atoms with Gasteiger partial charge < -0.3 is 0 Å². The normalized spacial score (nSPS) is 11.7. The second kappa shape index (κ2) is 5.64. The molecule has 0 saturated carbocycles. The van der Waals surface area contributed by atoms with Crippen LogP contribution in [0.25, 0.3) is 32.8 Å². The van der Waals surface area contributed by atoms with Crippen LogP contribution in [0.1, 0.15) is 10.6 Å². The van der Waals surface area contributed by atoms with Gasteiger partial charge in [-0.2, -0.15) is 5.26 Å². The van der Waals surface area contributed by atoms with E-state index in [1.165, 1.54) is 11.3 Å². The molecule has 4 aromatic rings. The Labute approximate surface area is 137 Å². The van der Waals surface area contributed by atoms with Gasteiger partial charge in [0.25, 0.3) is 0 Å². The molecule has 0 N–H and O–H groups in total. The Balaban J connectivity index is 1.88. The predicted octanol–water partition coefficient (Wildman–Crippen LogP) is 4.91. The molecule has 0 fully saturated rings. The first-order valence-electron chi connectivity index (χ1n) is 7.16. The summed E-state index contributed by atoms with van der Waals surface area (Å²) in [5, 5.41) is 11.4. The van der Waals surface area contributed by atoms with Crippen molar-refractivity contribution in [2.75, 3.05) is 0 Å². The van der Waals surface area contributed by atoms with E-state index in [-0.39, 0.29) is 0 Å². The van der Waals surface area contributed by atoms with E-state index < -0.39 is 0 Å². The van der Waals surface area contributed by atoms with Crippen molar-refractivity contribution in [1.29, 1.82) is 5.26 Å². The molecule has 0 atom stereocenters. The van der Waals surface area contributed by atoms with Crippen molar-refractivity contribution < 1.29 is 0 Å². The van der Waals surface area contributed by atoms with Gasteiger partial charge in [-0.1, -0.05) is 36.4 Å². The molecule has 0 radical (unpaired) electrons. The molecule has 0 bridgehead atoms. The van der Waals surface area contributed by atoms with Gasteiger partial charge in [-0.05, 0) is 24.3 Å². The van der Waals surface area contributed by atoms with Crippen LogP contribution < -0.4 is 0 Å². The van der Waals surface area contributed by atoms with E-state index in [2.05, 4.69) is 16.0 Å². The first-order chi connectivity index (χ1) is 11.3. The number of para-hydroxylation sites is 2. The zero-order valence-corrected chi connectivity index (χ0v) is 12.9. The van der Waals surface area contributed by atoms with Crippen molar-refractivity contribution in [3.05, 3.63) is 71.4 Å². The number of pyridine rings is 1. The molecule has 0 saturated heterocycles. The molecule has 108 valence electrons. The van der Waals surface area contributed by atoms with Crippen LogP contribution in [0.5, 0.6) is 0 Å². The fourth-order valence-corrected chi connectivity index (χ4v) is 3.46. The number of nitrogens with zero attached hydrogens (tertiary/aromatic N) is 3. The summed E-state index contributed by atoms with van der Waals surface area (Å²) in [4.78, 5) is 9.00. The van der Waals surface area contributed by atoms with Gasteiger partial charge in [-0.15, -0.1) is 11.3 Å². The summed E-state index contributed by atoms with van der Waals surface area (Å²) in [6.45, 7) is 0. The Bertz CT molecular complexity index is 1050. The Morgan fingerprint density at radius 3 is 2.78 bits per heavy atom. The fraction of sp³-hybridized carbons (Fsp3) is 0. The number of benzene rings is 2. The van der Waals surface area contributed by atoms with Crippen LogP contribution >= 0.6 is 11.3 Å². The van der Waals surface area contributed by atoms with E-state index in [4.69, 9.17) is 0 Å². The summed E-state index contributed by atoms with van der Waals surface area (Å²) in [7, 11) is 0. The highest BCUT2D eigenvalue weighted by molar-refractivity contribution is 7.19. The van der Waals surface area contributed by atoms with Gasteiger partial charge in [0.2, 0.25) is 0 Å². The lowest BCUT2D eigenvalue weighted by Gasteiger charge is -2.01. The number of thiazole rings is 1. The van der Waals surface area contributed by atoms with Gasteiger partial charge in [-0.25, -0.2) is 4.98 Å². The number of nitriles is 1. The zero-order chi connectivity index (χ0) is 15.6. The molecule has 2 heterocycles. The maximum atomic E-state index is 9.57. The van der Waals surface area contributed by atoms with Crippen LogP contribution in [0.2, 0.25) is 0 Å². The SMILES string of the molecule is N#C/C(=C/c1cccc2cccnc12)c1nc2ccccc2s1. The predicted molar refractivity (Wildman–Crippen MR) is 94.8 cm³/mol. The molecule has 0 aliphatic rings. The van der Waals surface area contributed by atoms with Crippen molar-refractivity contribution in [3.8, 4) is 6.07 Å². The second-order valence-electron chi connectivity index (χ2n) is 5.08. The van der Waals surface area contributed by atoms with E-state index in [9.17, 15) is 5.26 Å². The van der Waals surface area contributed by atoms with E-state index in [0.717, 1.165) is 31.7 Å². The lowest BCUT2D eigenvalue weighted by atomic mass is 10.1. The van der Waals surface area contributed by atoms with Crippen molar-refractivity contribution in [1.82, 2.24) is 9.97 Å². The largest absolute Gasteiger partial charge is 0.256 e. The van der Waals surface area contributed by atoms with E-state index in [1.807, 2.05) is 60.7 Å². The van der Waals surface area contributed by atoms with Crippen molar-refractivity contribution >= 4 is 44.1 Å². The summed E-state index contributed by atoms with van der Waals surface area (Å²) >= 11 is 1.53. The van der Waals surface area contributed by atoms with Crippen molar-refractivity contribution in [2.24, 2.45) is 0 Å². The van der Waals surface area contributed by atoms with Gasteiger partial charge in [0.05, 0.1) is 21.3 Å². The Kier molecular flexibility index (Phi) is 3.34. The Hall–Kier alpha value is -3.03. The summed E-state index contributed by atoms with van der Waals surface area (Å²) in [6.07, 6.45) is 3.64. The molecule has 23 heavy (non-hydrogen) atoms. The molecule has 0 unspecified atom stereocenters. The van der Waals surface area contributed by atoms with Gasteiger partial charge in [0.15, 0.2) is 0 Å². The van der Waals surface area contributed by atoms with Gasteiger partial charge >= 0.3 is 0 Å². The van der Waals surface area contributed by atoms with Crippen LogP contribution in [0.3, 0.4) is 0 Å². The van der Waals surface area contributed by atoms with Gasteiger partial charge in [0, 0.05) is 17.1 Å². The van der Waals surface area contributed by atoms with E-state index in [0.29, 0.717) is 5.57 Å². The maximum Gasteiger partial charge on any atom is 0.135 e. The van der Waals surface area contributed by atoms with Crippen LogP contribution in [-0.2, 0) is 0 Å². The minimum absolute atomic E-state index is 0.560. The lowest BCUT2D eigenvalue weighted by molar-refractivity contribution is 1.40. The van der Waals surface area contributed by atoms with Crippen LogP contribution in [0.15, 0.2) is 60.8 Å². The highest BCUT2D eigenvalue weighted by Crippen LogP contribution is 2.29. The highest BCUT2D eigenvalue weighted by atomic mass is 32.1. The molecule has 0 aliphatic heterocycles. The van der Waals surface area contributed by atoms with Crippen LogP contribution in [-0.4, -0.2) is 9.97 Å². The molecular weight excluding hydrogens is 302 g/mol. The summed E-state index contributed by atoms with van der Waals surface area (Å²) in [5.41, 5.74) is 3.30. The van der Waals surface area contributed by atoms with Crippen LogP contribution in [0.4, 0.5) is 0 Å². The Morgan fingerprint density at radius 1 is 1.04 bits per heavy atom. The molecule has 0 aliphatic carbocycles. The molecular formula is C19H11N3S. The Morgan fingerprint density at radius 2 is 1.91 bits per heavy atom. The average Bonchev–Trinajstić information content (AvgIpc) is 3.03. The maximum absolute atomic E-state index is 9.57. The lowest BCUT2D eigenvalue weighted by Crippen LogP contribution is -1.85. The van der Waals surface area contributed by atoms with Crippen LogP contribution in [0, 0.1) is 11.3 Å². The third-order valence-electron chi connectivity index (χ3n) is 3.61. The van der Waals surface area contributed by atoms with Gasteiger partial charge in [0.1, 0.15) is 11.1 Å². The summed E-state index contributed by atoms with van der Waals surface area (Å²) in [5.74, 6) is 0. The molecule has 0 amide bonds. The smallest absolute Gasteiger partial charge is 0.135 e. The second-order valence-corrected chi connectivity index (χ2v) is 6.11. The molecule has 2 aromatic carbocycles. The minimum atomic E-state index is 0.560. The topological polar surface area (TPSA) is 49.6 Å². The quantitative estimate of drug-likeness (QED) is 0.494. The van der Waals surface area contributed by atoms with Crippen molar-refractivity contribution in [2.45, 2.75) is 0 Å². The first-order valence-corrected chi connectivity index (χ1v) is 7.98. The number of rotatable bonds is 2. The average molecular weight is 313 g/mol. The monoisotopic (exact) mass is 313 g/mol. The molecule has 2 aromatic heterocycles. The summed E-state index contributed by atoms with van der Waals surface area (Å²) in [6, 6.07) is 20.1. The molecule has 4 heteroatoms. The number of hydrogen-bond acceptors (Lipinski definition) is 4.